The molecule has 0 atom stereocenters. The van der Waals surface area contributed by atoms with Crippen LogP contribution in [0.2, 0.25) is 0 Å². The third-order valence-corrected chi connectivity index (χ3v) is 4.55. The molecule has 2 aromatic heterocycles. The number of aromatic nitrogens is 2. The SMILES string of the molecule is Cc1cc(Oc2ccc(CNC(=O)Nc3cc(C(F)(F)F)cn(C)c3=O)cc2C)ccn1. The van der Waals surface area contributed by atoms with Gasteiger partial charge in [0.1, 0.15) is 17.2 Å². The summed E-state index contributed by atoms with van der Waals surface area (Å²) in [7, 11) is 1.18. The van der Waals surface area contributed by atoms with E-state index in [0.717, 1.165) is 21.4 Å². The molecule has 32 heavy (non-hydrogen) atoms. The highest BCUT2D eigenvalue weighted by Gasteiger charge is 2.32. The number of pyridine rings is 2. The molecule has 2 heterocycles. The van der Waals surface area contributed by atoms with Gasteiger partial charge in [-0.3, -0.25) is 9.78 Å². The largest absolute Gasteiger partial charge is 0.457 e. The summed E-state index contributed by atoms with van der Waals surface area (Å²) in [6, 6.07) is 8.67. The first-order valence-electron chi connectivity index (χ1n) is 9.55. The molecule has 0 saturated heterocycles. The molecule has 3 aromatic rings. The number of anilines is 1. The minimum absolute atomic E-state index is 0.0978. The molecule has 10 heteroatoms. The van der Waals surface area contributed by atoms with Gasteiger partial charge in [0.25, 0.3) is 5.56 Å². The molecule has 0 unspecified atom stereocenters. The highest BCUT2D eigenvalue weighted by Crippen LogP contribution is 2.29. The zero-order valence-electron chi connectivity index (χ0n) is 17.6. The van der Waals surface area contributed by atoms with E-state index >= 15 is 0 Å². The fourth-order valence-electron chi connectivity index (χ4n) is 2.95. The maximum atomic E-state index is 13.0. The zero-order chi connectivity index (χ0) is 23.5. The molecule has 0 saturated carbocycles. The molecule has 0 fully saturated rings. The van der Waals surface area contributed by atoms with Crippen molar-refractivity contribution >= 4 is 11.7 Å². The number of alkyl halides is 3. The Balaban J connectivity index is 1.65. The van der Waals surface area contributed by atoms with E-state index in [0.29, 0.717) is 23.8 Å². The number of halogens is 3. The van der Waals surface area contributed by atoms with Crippen molar-refractivity contribution in [3.63, 3.8) is 0 Å². The highest BCUT2D eigenvalue weighted by atomic mass is 19.4. The van der Waals surface area contributed by atoms with E-state index in [1.165, 1.54) is 7.05 Å². The van der Waals surface area contributed by atoms with Crippen LogP contribution >= 0.6 is 0 Å². The molecule has 2 amide bonds. The van der Waals surface area contributed by atoms with Crippen molar-refractivity contribution in [2.24, 2.45) is 7.05 Å². The van der Waals surface area contributed by atoms with Crippen molar-refractivity contribution in [2.45, 2.75) is 26.6 Å². The number of urea groups is 1. The Bertz CT molecular complexity index is 1210. The maximum absolute atomic E-state index is 13.0. The second-order valence-electron chi connectivity index (χ2n) is 7.20. The molecule has 0 aliphatic rings. The number of carbonyl (C=O) groups is 1. The Kier molecular flexibility index (Phi) is 6.52. The molecular formula is C22H21F3N4O3. The molecule has 168 valence electrons. The first kappa shape index (κ1) is 22.9. The summed E-state index contributed by atoms with van der Waals surface area (Å²) in [4.78, 5) is 28.3. The lowest BCUT2D eigenvalue weighted by atomic mass is 10.1. The fourth-order valence-corrected chi connectivity index (χ4v) is 2.95. The van der Waals surface area contributed by atoms with Crippen molar-refractivity contribution in [1.82, 2.24) is 14.9 Å². The summed E-state index contributed by atoms with van der Waals surface area (Å²) in [5.74, 6) is 1.28. The molecule has 0 bridgehead atoms. The summed E-state index contributed by atoms with van der Waals surface area (Å²) in [5.41, 5.74) is 0.135. The number of amides is 2. The molecule has 1 aromatic carbocycles. The average molecular weight is 446 g/mol. The number of ether oxygens (including phenoxy) is 1. The van der Waals surface area contributed by atoms with Crippen LogP contribution < -0.4 is 20.9 Å². The topological polar surface area (TPSA) is 85.2 Å². The third-order valence-electron chi connectivity index (χ3n) is 4.55. The lowest BCUT2D eigenvalue weighted by molar-refractivity contribution is -0.138. The number of hydrogen-bond donors (Lipinski definition) is 2. The van der Waals surface area contributed by atoms with Crippen LogP contribution in [0.15, 0.2) is 53.6 Å². The minimum atomic E-state index is -4.64. The molecule has 0 aliphatic heterocycles. The molecule has 3 rings (SSSR count). The number of benzene rings is 1. The molecule has 0 aliphatic carbocycles. The lowest BCUT2D eigenvalue weighted by Crippen LogP contribution is -2.32. The Morgan fingerprint density at radius 1 is 1.16 bits per heavy atom. The number of nitrogens with zero attached hydrogens (tertiary/aromatic N) is 2. The van der Waals surface area contributed by atoms with Gasteiger partial charge in [0.05, 0.1) is 5.56 Å². The number of hydrogen-bond acceptors (Lipinski definition) is 4. The van der Waals surface area contributed by atoms with E-state index in [-0.39, 0.29) is 6.54 Å². The Hall–Kier alpha value is -3.82. The number of carbonyl (C=O) groups excluding carboxylic acids is 1. The fraction of sp³-hybridized carbons (Fsp3) is 0.227. The zero-order valence-corrected chi connectivity index (χ0v) is 17.6. The smallest absolute Gasteiger partial charge is 0.417 e. The summed E-state index contributed by atoms with van der Waals surface area (Å²) in [6.07, 6.45) is -2.33. The summed E-state index contributed by atoms with van der Waals surface area (Å²) < 4.78 is 45.5. The van der Waals surface area contributed by atoms with Gasteiger partial charge in [-0.25, -0.2) is 4.79 Å². The van der Waals surface area contributed by atoms with Gasteiger partial charge in [0.2, 0.25) is 0 Å². The van der Waals surface area contributed by atoms with Crippen molar-refractivity contribution in [3.05, 3.63) is 81.5 Å². The van der Waals surface area contributed by atoms with Gasteiger partial charge >= 0.3 is 12.2 Å². The maximum Gasteiger partial charge on any atom is 0.417 e. The number of rotatable bonds is 5. The highest BCUT2D eigenvalue weighted by molar-refractivity contribution is 5.89. The van der Waals surface area contributed by atoms with Crippen LogP contribution in [0.4, 0.5) is 23.7 Å². The van der Waals surface area contributed by atoms with Crippen molar-refractivity contribution in [1.29, 1.82) is 0 Å². The van der Waals surface area contributed by atoms with Gasteiger partial charge in [-0.1, -0.05) is 12.1 Å². The Morgan fingerprint density at radius 3 is 2.56 bits per heavy atom. The van der Waals surface area contributed by atoms with Crippen molar-refractivity contribution < 1.29 is 22.7 Å². The summed E-state index contributed by atoms with van der Waals surface area (Å²) >= 11 is 0. The van der Waals surface area contributed by atoms with E-state index in [1.54, 1.807) is 30.5 Å². The van der Waals surface area contributed by atoms with Crippen LogP contribution in [-0.2, 0) is 19.8 Å². The number of aryl methyl sites for hydroxylation is 3. The van der Waals surface area contributed by atoms with Gasteiger partial charge < -0.3 is 19.9 Å². The van der Waals surface area contributed by atoms with Crippen LogP contribution in [0.1, 0.15) is 22.4 Å². The predicted octanol–water partition coefficient (Wildman–Crippen LogP) is 4.53. The quantitative estimate of drug-likeness (QED) is 0.603. The van der Waals surface area contributed by atoms with Crippen LogP contribution in [0, 0.1) is 13.8 Å². The van der Waals surface area contributed by atoms with E-state index in [2.05, 4.69) is 15.6 Å². The first-order valence-corrected chi connectivity index (χ1v) is 9.55. The minimum Gasteiger partial charge on any atom is -0.457 e. The van der Waals surface area contributed by atoms with Gasteiger partial charge in [0, 0.05) is 37.7 Å². The van der Waals surface area contributed by atoms with E-state index < -0.39 is 29.0 Å². The van der Waals surface area contributed by atoms with Crippen LogP contribution in [-0.4, -0.2) is 15.6 Å². The summed E-state index contributed by atoms with van der Waals surface area (Å²) in [6.45, 7) is 3.80. The number of nitrogens with one attached hydrogen (secondary N) is 2. The Morgan fingerprint density at radius 2 is 1.91 bits per heavy atom. The van der Waals surface area contributed by atoms with Gasteiger partial charge in [-0.15, -0.1) is 0 Å². The van der Waals surface area contributed by atoms with Gasteiger partial charge in [0.15, 0.2) is 0 Å². The van der Waals surface area contributed by atoms with Gasteiger partial charge in [-0.05, 0) is 43.2 Å². The molecule has 2 N–H and O–H groups in total. The predicted molar refractivity (Wildman–Crippen MR) is 113 cm³/mol. The monoisotopic (exact) mass is 446 g/mol. The van der Waals surface area contributed by atoms with Crippen molar-refractivity contribution in [3.8, 4) is 11.5 Å². The summed E-state index contributed by atoms with van der Waals surface area (Å²) in [5, 5.41) is 4.71. The average Bonchev–Trinajstić information content (AvgIpc) is 2.71. The standard InChI is InChI=1S/C22H21F3N4O3/c1-13-8-15(4-5-19(13)32-17-6-7-26-14(2)9-17)11-27-21(31)28-18-10-16(22(23,24)25)12-29(3)20(18)30/h4-10,12H,11H2,1-3H3,(H2,27,28,31). The third kappa shape index (κ3) is 5.65. The lowest BCUT2D eigenvalue weighted by Gasteiger charge is -2.13. The normalized spacial score (nSPS) is 11.2. The van der Waals surface area contributed by atoms with Crippen LogP contribution in [0.3, 0.4) is 0 Å². The second kappa shape index (κ2) is 9.13. The molecule has 0 spiro atoms. The second-order valence-corrected chi connectivity index (χ2v) is 7.20. The molecule has 7 nitrogen and oxygen atoms in total. The Labute approximate surface area is 181 Å². The van der Waals surface area contributed by atoms with Crippen molar-refractivity contribution in [2.75, 3.05) is 5.32 Å². The van der Waals surface area contributed by atoms with Crippen LogP contribution in [0.5, 0.6) is 11.5 Å². The first-order chi connectivity index (χ1) is 15.0. The van der Waals surface area contributed by atoms with Gasteiger partial charge in [-0.2, -0.15) is 13.2 Å². The van der Waals surface area contributed by atoms with E-state index in [4.69, 9.17) is 4.74 Å². The van der Waals surface area contributed by atoms with Crippen LogP contribution in [0.25, 0.3) is 0 Å². The molecule has 0 radical (unpaired) electrons. The molecular weight excluding hydrogens is 425 g/mol. The van der Waals surface area contributed by atoms with E-state index in [1.807, 2.05) is 19.9 Å². The van der Waals surface area contributed by atoms with E-state index in [9.17, 15) is 22.8 Å².